The molecule has 1 aliphatic heterocycles. The molecule has 2 heterocycles. The average molecular weight is 632 g/mol. The van der Waals surface area contributed by atoms with E-state index in [-0.39, 0.29) is 34.0 Å². The molecule has 0 saturated carbocycles. The Kier molecular flexibility index (Phi) is 9.46. The van der Waals surface area contributed by atoms with Crippen molar-refractivity contribution in [3.05, 3.63) is 46.8 Å². The summed E-state index contributed by atoms with van der Waals surface area (Å²) in [6.45, 7) is 6.66. The Labute approximate surface area is 245 Å². The Morgan fingerprint density at radius 3 is 2.50 bits per heavy atom. The molecule has 2 N–H and O–H groups in total. The fraction of sp³-hybridized carbons (Fsp3) is 0.448. The zero-order valence-corrected chi connectivity index (χ0v) is 25.3. The number of nitrogens with one attached hydrogen (secondary N) is 2. The van der Waals surface area contributed by atoms with Crippen LogP contribution in [0.15, 0.2) is 36.4 Å². The Morgan fingerprint density at radius 2 is 1.86 bits per heavy atom. The Hall–Kier alpha value is -2.87. The molecular formula is C29H32F6N3O2PS. The number of nitrogens with zero attached hydrogens (tertiary/aromatic N) is 1. The first-order chi connectivity index (χ1) is 19.5. The van der Waals surface area contributed by atoms with Gasteiger partial charge in [0, 0.05) is 17.9 Å². The molecule has 2 aromatic carbocycles. The number of rotatable bonds is 7. The van der Waals surface area contributed by atoms with Gasteiger partial charge in [-0.05, 0) is 74.5 Å². The van der Waals surface area contributed by atoms with Crippen LogP contribution in [0.25, 0.3) is 10.1 Å². The van der Waals surface area contributed by atoms with Crippen molar-refractivity contribution < 1.29 is 35.6 Å². The maximum Gasteiger partial charge on any atom is 0.573 e. The molecule has 4 rings (SSSR count). The first-order valence-corrected chi connectivity index (χ1v) is 16.7. The van der Waals surface area contributed by atoms with Gasteiger partial charge in [-0.2, -0.15) is 13.2 Å². The van der Waals surface area contributed by atoms with Crippen molar-refractivity contribution in [3.63, 3.8) is 0 Å². The Bertz CT molecular complexity index is 1540. The molecule has 0 radical (unpaired) electrons. The molecule has 1 fully saturated rings. The SMILES string of the molecule is C[C@H]1CN(C)CC[C@H]1Nc1cccc2c(CC(F)(F)F)c(C#CCNc3ccc(P(C)(C)=O)cc3OC(F)(F)F)sc12. The van der Waals surface area contributed by atoms with Crippen LogP contribution in [0, 0.1) is 17.8 Å². The molecule has 3 aromatic rings. The number of ether oxygens (including phenoxy) is 1. The molecule has 228 valence electrons. The van der Waals surface area contributed by atoms with Crippen molar-refractivity contribution in [2.75, 3.05) is 50.6 Å². The van der Waals surface area contributed by atoms with Gasteiger partial charge < -0.3 is 24.8 Å². The van der Waals surface area contributed by atoms with Crippen molar-refractivity contribution in [1.29, 1.82) is 0 Å². The van der Waals surface area contributed by atoms with Gasteiger partial charge in [0.25, 0.3) is 0 Å². The molecule has 0 bridgehead atoms. The summed E-state index contributed by atoms with van der Waals surface area (Å²) in [4.78, 5) is 2.49. The predicted molar refractivity (Wildman–Crippen MR) is 158 cm³/mol. The molecule has 13 heteroatoms. The third-order valence-electron chi connectivity index (χ3n) is 7.03. The van der Waals surface area contributed by atoms with Crippen LogP contribution in [-0.4, -0.2) is 63.5 Å². The summed E-state index contributed by atoms with van der Waals surface area (Å²) in [5.74, 6) is 5.34. The van der Waals surface area contributed by atoms with Crippen LogP contribution in [0.2, 0.25) is 0 Å². The zero-order valence-electron chi connectivity index (χ0n) is 23.5. The molecule has 1 saturated heterocycles. The third-order valence-corrected chi connectivity index (χ3v) is 9.75. The highest BCUT2D eigenvalue weighted by molar-refractivity contribution is 7.70. The van der Waals surface area contributed by atoms with Crippen LogP contribution in [0.5, 0.6) is 5.75 Å². The summed E-state index contributed by atoms with van der Waals surface area (Å²) in [5.41, 5.74) is 0.790. The second kappa shape index (κ2) is 12.4. The number of alkyl halides is 6. The fourth-order valence-electron chi connectivity index (χ4n) is 4.99. The maximum atomic E-state index is 13.6. The molecule has 5 nitrogen and oxygen atoms in total. The van der Waals surface area contributed by atoms with Crippen LogP contribution in [-0.2, 0) is 11.0 Å². The van der Waals surface area contributed by atoms with E-state index in [1.165, 1.54) is 25.5 Å². The van der Waals surface area contributed by atoms with Crippen molar-refractivity contribution >= 4 is 45.2 Å². The third kappa shape index (κ3) is 8.36. The molecule has 1 aliphatic rings. The zero-order chi connectivity index (χ0) is 30.9. The number of likely N-dealkylation sites (tertiary alicyclic amines) is 1. The van der Waals surface area contributed by atoms with E-state index >= 15 is 0 Å². The van der Waals surface area contributed by atoms with Gasteiger partial charge in [0.1, 0.15) is 7.14 Å². The number of anilines is 2. The van der Waals surface area contributed by atoms with Crippen LogP contribution in [0.4, 0.5) is 37.7 Å². The number of fused-ring (bicyclic) bond motifs is 1. The Morgan fingerprint density at radius 1 is 1.12 bits per heavy atom. The Balaban J connectivity index is 1.62. The second-order valence-electron chi connectivity index (χ2n) is 10.9. The van der Waals surface area contributed by atoms with Gasteiger partial charge >= 0.3 is 12.5 Å². The van der Waals surface area contributed by atoms with Gasteiger partial charge in [-0.3, -0.25) is 0 Å². The number of hydrogen-bond acceptors (Lipinski definition) is 6. The van der Waals surface area contributed by atoms with Gasteiger partial charge in [-0.1, -0.05) is 30.9 Å². The molecule has 0 unspecified atom stereocenters. The minimum absolute atomic E-state index is 0.0376. The number of benzene rings is 2. The lowest BCUT2D eigenvalue weighted by Crippen LogP contribution is -2.43. The molecule has 0 amide bonds. The summed E-state index contributed by atoms with van der Waals surface area (Å²) >= 11 is 1.16. The summed E-state index contributed by atoms with van der Waals surface area (Å²) in [5, 5.41) is 6.96. The van der Waals surface area contributed by atoms with E-state index in [4.69, 9.17) is 0 Å². The highest BCUT2D eigenvalue weighted by atomic mass is 32.1. The van der Waals surface area contributed by atoms with E-state index in [1.807, 2.05) is 6.07 Å². The van der Waals surface area contributed by atoms with Gasteiger partial charge in [0.05, 0.1) is 33.9 Å². The monoisotopic (exact) mass is 631 g/mol. The lowest BCUT2D eigenvalue weighted by molar-refractivity contribution is -0.274. The maximum absolute atomic E-state index is 13.6. The van der Waals surface area contributed by atoms with Gasteiger partial charge in [-0.25, -0.2) is 0 Å². The summed E-state index contributed by atoms with van der Waals surface area (Å²) in [7, 11) is -0.804. The van der Waals surface area contributed by atoms with E-state index < -0.39 is 31.9 Å². The number of halogens is 6. The minimum Gasteiger partial charge on any atom is -0.404 e. The first kappa shape index (κ1) is 32.1. The van der Waals surface area contributed by atoms with Crippen LogP contribution >= 0.6 is 18.5 Å². The highest BCUT2D eigenvalue weighted by Gasteiger charge is 2.33. The average Bonchev–Trinajstić information content (AvgIpc) is 3.19. The van der Waals surface area contributed by atoms with E-state index in [1.54, 1.807) is 12.1 Å². The van der Waals surface area contributed by atoms with Crippen molar-refractivity contribution in [1.82, 2.24) is 4.90 Å². The van der Waals surface area contributed by atoms with Gasteiger partial charge in [0.15, 0.2) is 5.75 Å². The first-order valence-electron chi connectivity index (χ1n) is 13.2. The molecular weight excluding hydrogens is 599 g/mol. The molecule has 42 heavy (non-hydrogen) atoms. The van der Waals surface area contributed by atoms with Crippen LogP contribution in [0.3, 0.4) is 0 Å². The fourth-order valence-corrected chi connectivity index (χ4v) is 7.03. The van der Waals surface area contributed by atoms with Crippen molar-refractivity contribution in [2.45, 2.75) is 38.3 Å². The van der Waals surface area contributed by atoms with Crippen molar-refractivity contribution in [3.8, 4) is 17.6 Å². The standard InChI is InChI=1S/C29H32F6N3O2PS/c1-18-17-38(2)14-12-22(18)37-24-8-5-7-20-21(16-28(30,31)32)26(42-27(20)24)9-6-13-36-23-11-10-19(41(3,4)39)15-25(23)40-29(33,34)35/h5,7-8,10-11,15,18,22,36-37H,12-14,16-17H2,1-4H3/t18-,22+/m0/s1. The predicted octanol–water partition coefficient (Wildman–Crippen LogP) is 7.37. The lowest BCUT2D eigenvalue weighted by Gasteiger charge is -2.35. The topological polar surface area (TPSA) is 53.6 Å². The largest absolute Gasteiger partial charge is 0.573 e. The highest BCUT2D eigenvalue weighted by Crippen LogP contribution is 2.40. The normalized spacial score (nSPS) is 18.4. The number of hydrogen-bond donors (Lipinski definition) is 2. The number of thiophene rings is 1. The number of piperidine rings is 1. The smallest absolute Gasteiger partial charge is 0.404 e. The van der Waals surface area contributed by atoms with Crippen LogP contribution < -0.4 is 20.7 Å². The second-order valence-corrected chi connectivity index (χ2v) is 15.1. The summed E-state index contributed by atoms with van der Waals surface area (Å²) < 4.78 is 97.0. The van der Waals surface area contributed by atoms with Gasteiger partial charge in [0.2, 0.25) is 0 Å². The van der Waals surface area contributed by atoms with Gasteiger partial charge in [-0.15, -0.1) is 24.5 Å². The molecule has 0 aliphatic carbocycles. The van der Waals surface area contributed by atoms with E-state index in [0.717, 1.165) is 42.6 Å². The minimum atomic E-state index is -4.98. The lowest BCUT2D eigenvalue weighted by atomic mass is 9.94. The molecule has 2 atom stereocenters. The van der Waals surface area contributed by atoms with Crippen LogP contribution in [0.1, 0.15) is 23.8 Å². The molecule has 1 aromatic heterocycles. The summed E-state index contributed by atoms with van der Waals surface area (Å²) in [6, 6.07) is 9.23. The van der Waals surface area contributed by atoms with E-state index in [9.17, 15) is 30.9 Å². The van der Waals surface area contributed by atoms with Crippen molar-refractivity contribution in [2.24, 2.45) is 5.92 Å². The van der Waals surface area contributed by atoms with E-state index in [0.29, 0.717) is 16.0 Å². The van der Waals surface area contributed by atoms with E-state index in [2.05, 4.69) is 46.1 Å². The summed E-state index contributed by atoms with van der Waals surface area (Å²) in [6.07, 6.45) is -9.69. The molecule has 0 spiro atoms. The quantitative estimate of drug-likeness (QED) is 0.162.